The number of rotatable bonds is 4. The van der Waals surface area contributed by atoms with E-state index in [1.165, 1.54) is 18.6 Å². The van der Waals surface area contributed by atoms with Gasteiger partial charge in [-0.3, -0.25) is 14.4 Å². The summed E-state index contributed by atoms with van der Waals surface area (Å²) < 4.78 is 28.4. The second-order valence-corrected chi connectivity index (χ2v) is 6.29. The summed E-state index contributed by atoms with van der Waals surface area (Å²) in [6.45, 7) is 5.71. The van der Waals surface area contributed by atoms with Gasteiger partial charge in [0.1, 0.15) is 4.90 Å². The van der Waals surface area contributed by atoms with E-state index in [2.05, 4.69) is 14.8 Å². The molecule has 0 amide bonds. The lowest BCUT2D eigenvalue weighted by atomic mass is 10.3. The second-order valence-electron chi connectivity index (χ2n) is 4.61. The van der Waals surface area contributed by atoms with Gasteiger partial charge in [-0.05, 0) is 32.4 Å². The molecule has 102 valence electrons. The molecule has 19 heavy (non-hydrogen) atoms. The lowest BCUT2D eigenvalue weighted by molar-refractivity contribution is 0.531. The van der Waals surface area contributed by atoms with E-state index in [1.807, 2.05) is 20.8 Å². The molecule has 0 atom stereocenters. The molecule has 0 saturated heterocycles. The Morgan fingerprint density at radius 3 is 2.58 bits per heavy atom. The van der Waals surface area contributed by atoms with E-state index in [4.69, 9.17) is 0 Å². The van der Waals surface area contributed by atoms with Crippen LogP contribution in [0.5, 0.6) is 0 Å². The van der Waals surface area contributed by atoms with Crippen LogP contribution in [0.3, 0.4) is 0 Å². The fourth-order valence-corrected chi connectivity index (χ4v) is 2.54. The first kappa shape index (κ1) is 13.5. The smallest absolute Gasteiger partial charge is 0.265 e. The van der Waals surface area contributed by atoms with Gasteiger partial charge in [-0.15, -0.1) is 0 Å². The first-order valence-corrected chi connectivity index (χ1v) is 7.35. The summed E-state index contributed by atoms with van der Waals surface area (Å²) in [5.41, 5.74) is 1.33. The molecule has 7 heteroatoms. The van der Waals surface area contributed by atoms with Crippen LogP contribution in [0.15, 0.2) is 35.7 Å². The van der Waals surface area contributed by atoms with Crippen molar-refractivity contribution >= 4 is 15.7 Å². The number of hydrogen-bond acceptors (Lipinski definition) is 4. The van der Waals surface area contributed by atoms with E-state index in [9.17, 15) is 8.42 Å². The van der Waals surface area contributed by atoms with E-state index >= 15 is 0 Å². The predicted molar refractivity (Wildman–Crippen MR) is 72.4 cm³/mol. The molecule has 2 rings (SSSR count). The Kier molecular flexibility index (Phi) is 3.57. The van der Waals surface area contributed by atoms with Gasteiger partial charge in [0.15, 0.2) is 0 Å². The van der Waals surface area contributed by atoms with E-state index in [1.54, 1.807) is 16.9 Å². The molecule has 0 unspecified atom stereocenters. The van der Waals surface area contributed by atoms with Crippen LogP contribution in [0.2, 0.25) is 0 Å². The molecule has 2 aromatic heterocycles. The summed E-state index contributed by atoms with van der Waals surface area (Å²) in [5.74, 6) is 0. The number of sulfonamides is 1. The summed E-state index contributed by atoms with van der Waals surface area (Å²) in [5, 5.41) is 4.02. The topological polar surface area (TPSA) is 76.9 Å². The molecule has 0 spiro atoms. The molecule has 0 fully saturated rings. The molecule has 1 N–H and O–H groups in total. The normalized spacial score (nSPS) is 11.8. The quantitative estimate of drug-likeness (QED) is 0.928. The zero-order valence-electron chi connectivity index (χ0n) is 11.0. The molecule has 2 aromatic rings. The molecule has 0 saturated carbocycles. The van der Waals surface area contributed by atoms with E-state index < -0.39 is 10.0 Å². The lowest BCUT2D eigenvalue weighted by Crippen LogP contribution is -2.12. The van der Waals surface area contributed by atoms with Crippen molar-refractivity contribution < 1.29 is 8.42 Å². The number of aryl methyl sites for hydroxylation is 1. The number of nitrogens with zero attached hydrogens (tertiary/aromatic N) is 3. The third-order valence-electron chi connectivity index (χ3n) is 2.54. The van der Waals surface area contributed by atoms with Crippen LogP contribution < -0.4 is 4.72 Å². The van der Waals surface area contributed by atoms with Gasteiger partial charge in [0.05, 0.1) is 18.1 Å². The minimum absolute atomic E-state index is 0.115. The van der Waals surface area contributed by atoms with Crippen LogP contribution in [0.4, 0.5) is 5.69 Å². The van der Waals surface area contributed by atoms with Gasteiger partial charge < -0.3 is 0 Å². The van der Waals surface area contributed by atoms with Crippen LogP contribution in [0.1, 0.15) is 25.5 Å². The van der Waals surface area contributed by atoms with Crippen LogP contribution >= 0.6 is 0 Å². The zero-order valence-corrected chi connectivity index (χ0v) is 11.8. The largest absolute Gasteiger partial charge is 0.278 e. The number of pyridine rings is 1. The number of aromatic nitrogens is 3. The Morgan fingerprint density at radius 1 is 1.26 bits per heavy atom. The maximum Gasteiger partial charge on any atom is 0.265 e. The van der Waals surface area contributed by atoms with Crippen molar-refractivity contribution in [3.63, 3.8) is 0 Å². The molecule has 2 heterocycles. The monoisotopic (exact) mass is 280 g/mol. The first-order chi connectivity index (χ1) is 8.88. The lowest BCUT2D eigenvalue weighted by Gasteiger charge is -2.06. The standard InChI is InChI=1S/C12H16N4O2S/c1-9(2)16-8-12(7-14-16)19(17,18)15-11-4-10(3)5-13-6-11/h4-9,15H,1-3H3. The van der Waals surface area contributed by atoms with Gasteiger partial charge >= 0.3 is 0 Å². The van der Waals surface area contributed by atoms with Crippen molar-refractivity contribution in [1.82, 2.24) is 14.8 Å². The van der Waals surface area contributed by atoms with Crippen molar-refractivity contribution in [1.29, 1.82) is 0 Å². The van der Waals surface area contributed by atoms with Gasteiger partial charge in [-0.25, -0.2) is 8.42 Å². The van der Waals surface area contributed by atoms with Crippen molar-refractivity contribution in [2.75, 3.05) is 4.72 Å². The molecule has 0 aliphatic heterocycles. The van der Waals surface area contributed by atoms with Gasteiger partial charge in [0, 0.05) is 18.4 Å². The fourth-order valence-electron chi connectivity index (χ4n) is 1.57. The maximum atomic E-state index is 12.2. The third kappa shape index (κ3) is 3.11. The Morgan fingerprint density at radius 2 is 2.00 bits per heavy atom. The summed E-state index contributed by atoms with van der Waals surface area (Å²) in [6.07, 6.45) is 5.98. The van der Waals surface area contributed by atoms with Crippen LogP contribution in [-0.2, 0) is 10.0 Å². The van der Waals surface area contributed by atoms with E-state index in [0.717, 1.165) is 5.56 Å². The molecular weight excluding hydrogens is 264 g/mol. The highest BCUT2D eigenvalue weighted by molar-refractivity contribution is 7.92. The third-order valence-corrected chi connectivity index (χ3v) is 3.88. The molecule has 6 nitrogen and oxygen atoms in total. The van der Waals surface area contributed by atoms with Gasteiger partial charge in [0.2, 0.25) is 0 Å². The maximum absolute atomic E-state index is 12.2. The highest BCUT2D eigenvalue weighted by Crippen LogP contribution is 2.16. The first-order valence-electron chi connectivity index (χ1n) is 5.87. The molecular formula is C12H16N4O2S. The van der Waals surface area contributed by atoms with Gasteiger partial charge in [0.25, 0.3) is 10.0 Å². The highest BCUT2D eigenvalue weighted by atomic mass is 32.2. The minimum atomic E-state index is -3.62. The van der Waals surface area contributed by atoms with Crippen molar-refractivity contribution in [3.05, 3.63) is 36.4 Å². The van der Waals surface area contributed by atoms with Gasteiger partial charge in [-0.2, -0.15) is 5.10 Å². The Balaban J connectivity index is 2.27. The van der Waals surface area contributed by atoms with Crippen molar-refractivity contribution in [3.8, 4) is 0 Å². The molecule has 0 aromatic carbocycles. The van der Waals surface area contributed by atoms with Crippen LogP contribution in [0, 0.1) is 6.92 Å². The van der Waals surface area contributed by atoms with Crippen molar-refractivity contribution in [2.24, 2.45) is 0 Å². The SMILES string of the molecule is Cc1cncc(NS(=O)(=O)c2cnn(C(C)C)c2)c1. The average Bonchev–Trinajstić information content (AvgIpc) is 2.78. The molecule has 0 aliphatic rings. The molecule has 0 aliphatic carbocycles. The van der Waals surface area contributed by atoms with Gasteiger partial charge in [-0.1, -0.05) is 0 Å². The minimum Gasteiger partial charge on any atom is -0.278 e. The van der Waals surface area contributed by atoms with Crippen molar-refractivity contribution in [2.45, 2.75) is 31.7 Å². The van der Waals surface area contributed by atoms with Crippen LogP contribution in [0.25, 0.3) is 0 Å². The number of anilines is 1. The highest BCUT2D eigenvalue weighted by Gasteiger charge is 2.17. The molecule has 0 radical (unpaired) electrons. The molecule has 0 bridgehead atoms. The van der Waals surface area contributed by atoms with E-state index in [0.29, 0.717) is 5.69 Å². The summed E-state index contributed by atoms with van der Waals surface area (Å²) in [4.78, 5) is 4.09. The fraction of sp³-hybridized carbons (Fsp3) is 0.333. The second kappa shape index (κ2) is 5.00. The average molecular weight is 280 g/mol. The summed E-state index contributed by atoms with van der Waals surface area (Å²) in [6, 6.07) is 1.84. The van der Waals surface area contributed by atoms with Crippen LogP contribution in [-0.4, -0.2) is 23.2 Å². The zero-order chi connectivity index (χ0) is 14.0. The van der Waals surface area contributed by atoms with E-state index in [-0.39, 0.29) is 10.9 Å². The predicted octanol–water partition coefficient (Wildman–Crippen LogP) is 1.97. The number of nitrogens with one attached hydrogen (secondary N) is 1. The summed E-state index contributed by atoms with van der Waals surface area (Å²) >= 11 is 0. The Hall–Kier alpha value is -1.89. The Labute approximate surface area is 112 Å². The number of hydrogen-bond donors (Lipinski definition) is 1. The summed E-state index contributed by atoms with van der Waals surface area (Å²) in [7, 11) is -3.62. The Bertz CT molecular complexity index is 677.